The molecule has 2 aliphatic heterocycles. The Morgan fingerprint density at radius 2 is 1.85 bits per heavy atom. The minimum Gasteiger partial charge on any atom is -0.379 e. The van der Waals surface area contributed by atoms with Crippen LogP contribution in [-0.2, 0) is 4.74 Å². The van der Waals surface area contributed by atoms with Crippen molar-refractivity contribution in [2.24, 2.45) is 0 Å². The summed E-state index contributed by atoms with van der Waals surface area (Å²) in [7, 11) is 3.63. The van der Waals surface area contributed by atoms with Crippen molar-refractivity contribution < 1.29 is 9.53 Å². The monoisotopic (exact) mass is 284 g/mol. The van der Waals surface area contributed by atoms with E-state index in [1.165, 1.54) is 0 Å². The lowest BCUT2D eigenvalue weighted by Crippen LogP contribution is -2.49. The van der Waals surface area contributed by atoms with Crippen molar-refractivity contribution in [3.05, 3.63) is 0 Å². The lowest BCUT2D eigenvalue weighted by atomic mass is 10.1. The number of carbonyl (C=O) groups excluding carboxylic acids is 1. The number of hydrogen-bond acceptors (Lipinski definition) is 4. The molecular formula is C14H28N4O2. The Bertz CT molecular complexity index is 298. The standard InChI is InChI=1S/C14H28N4O2/c1-16(2)14(19)18-6-3-13(4-7-18)15-5-8-17-9-11-20-12-10-17/h13,15H,3-12H2,1-2H3. The predicted octanol–water partition coefficient (Wildman–Crippen LogP) is 0.0542. The molecule has 116 valence electrons. The normalized spacial score (nSPS) is 22.0. The largest absolute Gasteiger partial charge is 0.379 e. The molecule has 2 heterocycles. The van der Waals surface area contributed by atoms with Gasteiger partial charge in [0, 0.05) is 59.4 Å². The highest BCUT2D eigenvalue weighted by Gasteiger charge is 2.23. The molecule has 0 unspecified atom stereocenters. The minimum atomic E-state index is 0.136. The SMILES string of the molecule is CN(C)C(=O)N1CCC(NCCN2CCOCC2)CC1. The van der Waals surface area contributed by atoms with Crippen molar-refractivity contribution in [1.29, 1.82) is 0 Å². The first-order valence-corrected chi connectivity index (χ1v) is 7.66. The van der Waals surface area contributed by atoms with E-state index in [-0.39, 0.29) is 6.03 Å². The number of urea groups is 1. The number of morpholine rings is 1. The van der Waals surface area contributed by atoms with Crippen LogP contribution in [0.25, 0.3) is 0 Å². The molecule has 0 atom stereocenters. The Morgan fingerprint density at radius 3 is 2.45 bits per heavy atom. The van der Waals surface area contributed by atoms with Crippen LogP contribution < -0.4 is 5.32 Å². The summed E-state index contributed by atoms with van der Waals surface area (Å²) in [6, 6.07) is 0.694. The number of hydrogen-bond donors (Lipinski definition) is 1. The number of rotatable bonds is 4. The van der Waals surface area contributed by atoms with Gasteiger partial charge in [-0.2, -0.15) is 0 Å². The maximum absolute atomic E-state index is 11.8. The van der Waals surface area contributed by atoms with Crippen molar-refractivity contribution >= 4 is 6.03 Å². The molecule has 0 saturated carbocycles. The number of likely N-dealkylation sites (tertiary alicyclic amines) is 1. The van der Waals surface area contributed by atoms with Gasteiger partial charge in [-0.05, 0) is 12.8 Å². The first kappa shape index (κ1) is 15.5. The van der Waals surface area contributed by atoms with Crippen molar-refractivity contribution in [3.63, 3.8) is 0 Å². The number of amides is 2. The van der Waals surface area contributed by atoms with Gasteiger partial charge < -0.3 is 19.9 Å². The van der Waals surface area contributed by atoms with Crippen LogP contribution in [0, 0.1) is 0 Å². The van der Waals surface area contributed by atoms with E-state index < -0.39 is 0 Å². The third-order valence-electron chi connectivity index (χ3n) is 4.11. The highest BCUT2D eigenvalue weighted by atomic mass is 16.5. The molecular weight excluding hydrogens is 256 g/mol. The molecule has 6 nitrogen and oxygen atoms in total. The first-order chi connectivity index (χ1) is 9.66. The second kappa shape index (κ2) is 7.81. The van der Waals surface area contributed by atoms with Crippen LogP contribution in [0.1, 0.15) is 12.8 Å². The van der Waals surface area contributed by atoms with Gasteiger partial charge >= 0.3 is 6.03 Å². The van der Waals surface area contributed by atoms with E-state index in [1.54, 1.807) is 4.90 Å². The fourth-order valence-corrected chi connectivity index (χ4v) is 2.81. The van der Waals surface area contributed by atoms with Crippen LogP contribution >= 0.6 is 0 Å². The van der Waals surface area contributed by atoms with E-state index in [9.17, 15) is 4.79 Å². The Hall–Kier alpha value is -0.850. The van der Waals surface area contributed by atoms with Crippen LogP contribution in [0.4, 0.5) is 4.79 Å². The van der Waals surface area contributed by atoms with Crippen molar-refractivity contribution in [3.8, 4) is 0 Å². The summed E-state index contributed by atoms with van der Waals surface area (Å²) in [5.74, 6) is 0. The van der Waals surface area contributed by atoms with Gasteiger partial charge in [0.15, 0.2) is 0 Å². The number of ether oxygens (including phenoxy) is 1. The molecule has 0 radical (unpaired) electrons. The van der Waals surface area contributed by atoms with E-state index in [4.69, 9.17) is 4.74 Å². The van der Waals surface area contributed by atoms with Gasteiger partial charge in [0.25, 0.3) is 0 Å². The molecule has 2 rings (SSSR count). The molecule has 0 bridgehead atoms. The molecule has 2 amide bonds. The highest BCUT2D eigenvalue weighted by Crippen LogP contribution is 2.11. The second-order valence-electron chi connectivity index (χ2n) is 5.85. The third-order valence-corrected chi connectivity index (χ3v) is 4.11. The van der Waals surface area contributed by atoms with Crippen molar-refractivity contribution in [2.75, 3.05) is 66.6 Å². The second-order valence-corrected chi connectivity index (χ2v) is 5.85. The molecule has 0 aromatic carbocycles. The molecule has 2 fully saturated rings. The third kappa shape index (κ3) is 4.61. The fourth-order valence-electron chi connectivity index (χ4n) is 2.81. The summed E-state index contributed by atoms with van der Waals surface area (Å²) >= 11 is 0. The zero-order valence-electron chi connectivity index (χ0n) is 12.8. The summed E-state index contributed by atoms with van der Waals surface area (Å²) in [5, 5.41) is 3.62. The Kier molecular flexibility index (Phi) is 6.06. The Labute approximate surface area is 122 Å². The summed E-state index contributed by atoms with van der Waals surface area (Å²) in [6.45, 7) is 7.70. The molecule has 0 spiro atoms. The van der Waals surface area contributed by atoms with Gasteiger partial charge in [-0.1, -0.05) is 0 Å². The van der Waals surface area contributed by atoms with Gasteiger partial charge in [0.1, 0.15) is 0 Å². The molecule has 2 aliphatic rings. The van der Waals surface area contributed by atoms with Gasteiger partial charge in [-0.15, -0.1) is 0 Å². The number of carbonyl (C=O) groups is 1. The molecule has 0 aromatic heterocycles. The van der Waals surface area contributed by atoms with Crippen LogP contribution in [0.5, 0.6) is 0 Å². The van der Waals surface area contributed by atoms with Crippen LogP contribution in [-0.4, -0.2) is 93.4 Å². The maximum Gasteiger partial charge on any atom is 0.319 e. The topological polar surface area (TPSA) is 48.1 Å². The quantitative estimate of drug-likeness (QED) is 0.793. The number of piperidine rings is 1. The number of nitrogens with zero attached hydrogens (tertiary/aromatic N) is 3. The molecule has 20 heavy (non-hydrogen) atoms. The predicted molar refractivity (Wildman–Crippen MR) is 78.9 cm³/mol. The average molecular weight is 284 g/mol. The van der Waals surface area contributed by atoms with E-state index in [0.717, 1.165) is 65.3 Å². The van der Waals surface area contributed by atoms with Gasteiger partial charge in [0.2, 0.25) is 0 Å². The zero-order chi connectivity index (χ0) is 14.4. The van der Waals surface area contributed by atoms with Gasteiger partial charge in [-0.25, -0.2) is 4.79 Å². The first-order valence-electron chi connectivity index (χ1n) is 7.66. The molecule has 6 heteroatoms. The lowest BCUT2D eigenvalue weighted by Gasteiger charge is -2.34. The minimum absolute atomic E-state index is 0.136. The van der Waals surface area contributed by atoms with E-state index >= 15 is 0 Å². The molecule has 0 aromatic rings. The molecule has 0 aliphatic carbocycles. The van der Waals surface area contributed by atoms with Crippen LogP contribution in [0.2, 0.25) is 0 Å². The lowest BCUT2D eigenvalue weighted by molar-refractivity contribution is 0.0378. The Balaban J connectivity index is 1.58. The van der Waals surface area contributed by atoms with Crippen molar-refractivity contribution in [1.82, 2.24) is 20.0 Å². The van der Waals surface area contributed by atoms with Gasteiger partial charge in [-0.3, -0.25) is 4.90 Å². The zero-order valence-corrected chi connectivity index (χ0v) is 12.8. The maximum atomic E-state index is 11.8. The number of nitrogens with one attached hydrogen (secondary N) is 1. The summed E-state index contributed by atoms with van der Waals surface area (Å²) in [5.41, 5.74) is 0. The highest BCUT2D eigenvalue weighted by molar-refractivity contribution is 5.73. The fraction of sp³-hybridized carbons (Fsp3) is 0.929. The average Bonchev–Trinajstić information content (AvgIpc) is 2.48. The van der Waals surface area contributed by atoms with Gasteiger partial charge in [0.05, 0.1) is 13.2 Å². The summed E-state index contributed by atoms with van der Waals surface area (Å²) in [6.07, 6.45) is 2.12. The van der Waals surface area contributed by atoms with Crippen molar-refractivity contribution in [2.45, 2.75) is 18.9 Å². The molecule has 1 N–H and O–H groups in total. The van der Waals surface area contributed by atoms with Crippen LogP contribution in [0.3, 0.4) is 0 Å². The smallest absolute Gasteiger partial charge is 0.319 e. The summed E-state index contributed by atoms with van der Waals surface area (Å²) < 4.78 is 5.35. The summed E-state index contributed by atoms with van der Waals surface area (Å²) in [4.78, 5) is 17.9. The van der Waals surface area contributed by atoms with E-state index in [1.807, 2.05) is 19.0 Å². The molecule has 2 saturated heterocycles. The van der Waals surface area contributed by atoms with Crippen LogP contribution in [0.15, 0.2) is 0 Å². The van der Waals surface area contributed by atoms with E-state index in [2.05, 4.69) is 10.2 Å². The van der Waals surface area contributed by atoms with E-state index in [0.29, 0.717) is 6.04 Å². The Morgan fingerprint density at radius 1 is 1.20 bits per heavy atom.